The molecular weight excluding hydrogens is 344 g/mol. The first-order valence-corrected chi connectivity index (χ1v) is 9.68. The highest BCUT2D eigenvalue weighted by molar-refractivity contribution is 5.92. The van der Waals surface area contributed by atoms with Crippen LogP contribution in [0.25, 0.3) is 0 Å². The first-order chi connectivity index (χ1) is 12.8. The van der Waals surface area contributed by atoms with E-state index in [4.69, 9.17) is 14.2 Å². The van der Waals surface area contributed by atoms with Crippen molar-refractivity contribution in [3.8, 4) is 0 Å². The predicted molar refractivity (Wildman–Crippen MR) is 104 cm³/mol. The molecule has 1 aliphatic heterocycles. The van der Waals surface area contributed by atoms with E-state index in [2.05, 4.69) is 13.0 Å². The first-order valence-electron chi connectivity index (χ1n) is 9.68. The summed E-state index contributed by atoms with van der Waals surface area (Å²) in [6.07, 6.45) is 8.36. The second-order valence-electron chi connectivity index (χ2n) is 7.85. The second-order valence-corrected chi connectivity index (χ2v) is 7.85. The van der Waals surface area contributed by atoms with Crippen LogP contribution in [0.15, 0.2) is 34.4 Å². The van der Waals surface area contributed by atoms with Crippen LogP contribution in [0.2, 0.25) is 0 Å². The number of hydrogen-bond donors (Lipinski definition) is 0. The maximum atomic E-state index is 12.0. The molecule has 5 nitrogen and oxygen atoms in total. The molecule has 1 aliphatic carbocycles. The number of carbonyl (C=O) groups excluding carboxylic acids is 2. The Morgan fingerprint density at radius 2 is 1.93 bits per heavy atom. The Morgan fingerprint density at radius 3 is 2.59 bits per heavy atom. The highest BCUT2D eigenvalue weighted by Gasteiger charge is 2.35. The van der Waals surface area contributed by atoms with Gasteiger partial charge in [-0.1, -0.05) is 17.2 Å². The summed E-state index contributed by atoms with van der Waals surface area (Å²) in [6, 6.07) is 0. The summed E-state index contributed by atoms with van der Waals surface area (Å²) in [5.41, 5.74) is 3.66. The van der Waals surface area contributed by atoms with Crippen molar-refractivity contribution in [2.45, 2.75) is 84.0 Å². The van der Waals surface area contributed by atoms with Gasteiger partial charge < -0.3 is 14.2 Å². The largest absolute Gasteiger partial charge is 0.462 e. The Balaban J connectivity index is 2.31. The molecule has 0 aromatic heterocycles. The van der Waals surface area contributed by atoms with Gasteiger partial charge in [-0.05, 0) is 77.9 Å². The average molecular weight is 376 g/mol. The van der Waals surface area contributed by atoms with Gasteiger partial charge in [0.25, 0.3) is 6.47 Å². The van der Waals surface area contributed by atoms with Crippen molar-refractivity contribution >= 4 is 12.4 Å². The third-order valence-corrected chi connectivity index (χ3v) is 5.89. The number of rotatable bonds is 3. The van der Waals surface area contributed by atoms with Crippen molar-refractivity contribution < 1.29 is 23.8 Å². The van der Waals surface area contributed by atoms with Crippen LogP contribution >= 0.6 is 0 Å². The normalized spacial score (nSPS) is 34.5. The van der Waals surface area contributed by atoms with E-state index in [1.54, 1.807) is 7.11 Å². The van der Waals surface area contributed by atoms with E-state index in [1.165, 1.54) is 5.57 Å². The third kappa shape index (κ3) is 5.32. The van der Waals surface area contributed by atoms with Crippen molar-refractivity contribution in [2.75, 3.05) is 7.11 Å². The van der Waals surface area contributed by atoms with E-state index >= 15 is 0 Å². The van der Waals surface area contributed by atoms with Crippen LogP contribution in [-0.2, 0) is 23.8 Å². The molecule has 0 unspecified atom stereocenters. The monoisotopic (exact) mass is 376 g/mol. The second kappa shape index (κ2) is 9.36. The number of hydrogen-bond acceptors (Lipinski definition) is 5. The van der Waals surface area contributed by atoms with Crippen molar-refractivity contribution in [2.24, 2.45) is 0 Å². The van der Waals surface area contributed by atoms with Crippen LogP contribution < -0.4 is 0 Å². The molecule has 0 N–H and O–H groups in total. The lowest BCUT2D eigenvalue weighted by Gasteiger charge is -2.35. The minimum absolute atomic E-state index is 0.223. The van der Waals surface area contributed by atoms with E-state index < -0.39 is 5.60 Å². The summed E-state index contributed by atoms with van der Waals surface area (Å²) < 4.78 is 16.7. The van der Waals surface area contributed by atoms with Gasteiger partial charge in [-0.3, -0.25) is 4.79 Å². The fourth-order valence-electron chi connectivity index (χ4n) is 3.80. The molecule has 0 amide bonds. The predicted octanol–water partition coefficient (Wildman–Crippen LogP) is 4.42. The van der Waals surface area contributed by atoms with Crippen molar-refractivity contribution in [3.05, 3.63) is 34.4 Å². The maximum absolute atomic E-state index is 12.0. The van der Waals surface area contributed by atoms with Gasteiger partial charge in [0, 0.05) is 12.7 Å². The molecule has 0 radical (unpaired) electrons. The topological polar surface area (TPSA) is 61.8 Å². The SMILES string of the molecule is CO[C@]1(C)CC/C=C(\C)CCC2=C(C)C(=O)O[C@H]2/C=C(\C)CC[C@@H]1OC=O. The summed E-state index contributed by atoms with van der Waals surface area (Å²) in [5.74, 6) is -0.223. The van der Waals surface area contributed by atoms with Crippen molar-refractivity contribution in [1.82, 2.24) is 0 Å². The molecule has 2 rings (SSSR count). The van der Waals surface area contributed by atoms with Gasteiger partial charge in [0.2, 0.25) is 0 Å². The molecule has 0 saturated carbocycles. The molecule has 0 saturated heterocycles. The Kier molecular flexibility index (Phi) is 7.42. The highest BCUT2D eigenvalue weighted by Crippen LogP contribution is 2.32. The minimum Gasteiger partial charge on any atom is -0.462 e. The lowest BCUT2D eigenvalue weighted by molar-refractivity contribution is -0.155. The van der Waals surface area contributed by atoms with Gasteiger partial charge >= 0.3 is 5.97 Å². The van der Waals surface area contributed by atoms with Gasteiger partial charge in [-0.15, -0.1) is 0 Å². The quantitative estimate of drug-likeness (QED) is 0.414. The number of esters is 1. The van der Waals surface area contributed by atoms with E-state index in [-0.39, 0.29) is 18.2 Å². The molecule has 27 heavy (non-hydrogen) atoms. The van der Waals surface area contributed by atoms with Crippen molar-refractivity contribution in [3.63, 3.8) is 0 Å². The third-order valence-electron chi connectivity index (χ3n) is 5.89. The summed E-state index contributed by atoms with van der Waals surface area (Å²) in [4.78, 5) is 23.1. The molecule has 0 fully saturated rings. The Labute approximate surface area is 162 Å². The molecule has 150 valence electrons. The zero-order chi connectivity index (χ0) is 20.0. The van der Waals surface area contributed by atoms with Crippen LogP contribution in [0.3, 0.4) is 0 Å². The summed E-state index contributed by atoms with van der Waals surface area (Å²) >= 11 is 0. The van der Waals surface area contributed by atoms with Crippen LogP contribution in [0.5, 0.6) is 0 Å². The maximum Gasteiger partial charge on any atom is 0.334 e. The summed E-state index contributed by atoms with van der Waals surface area (Å²) in [5, 5.41) is 0. The van der Waals surface area contributed by atoms with Crippen LogP contribution in [0.1, 0.15) is 66.2 Å². The molecule has 0 aromatic rings. The molecule has 2 aliphatic rings. The summed E-state index contributed by atoms with van der Waals surface area (Å²) in [7, 11) is 1.67. The molecular formula is C22H32O5. The molecule has 1 heterocycles. The molecule has 0 bridgehead atoms. The minimum atomic E-state index is -0.538. The summed E-state index contributed by atoms with van der Waals surface area (Å²) in [6.45, 7) is 8.49. The van der Waals surface area contributed by atoms with E-state index in [1.807, 2.05) is 26.8 Å². The molecule has 5 heteroatoms. The number of methoxy groups -OCH3 is 1. The van der Waals surface area contributed by atoms with Crippen LogP contribution in [-0.4, -0.2) is 37.4 Å². The fourth-order valence-corrected chi connectivity index (χ4v) is 3.80. The van der Waals surface area contributed by atoms with Crippen LogP contribution in [0.4, 0.5) is 0 Å². The zero-order valence-electron chi connectivity index (χ0n) is 17.2. The van der Waals surface area contributed by atoms with Gasteiger partial charge in [-0.2, -0.15) is 0 Å². The molecule has 3 atom stereocenters. The Bertz CT molecular complexity index is 658. The van der Waals surface area contributed by atoms with E-state index in [0.717, 1.165) is 48.8 Å². The average Bonchev–Trinajstić information content (AvgIpc) is 2.89. The lowest BCUT2D eigenvalue weighted by atomic mass is 9.87. The number of fused-ring (bicyclic) bond motifs is 1. The number of allylic oxidation sites excluding steroid dienone is 3. The number of carbonyl (C=O) groups is 2. The van der Waals surface area contributed by atoms with Crippen molar-refractivity contribution in [1.29, 1.82) is 0 Å². The first kappa shape index (κ1) is 21.4. The standard InChI is InChI=1S/C22H32O5/c1-15-7-6-12-22(4,25-5)20(26-14-23)11-9-16(2)13-19-18(10-8-15)17(3)21(24)27-19/h7,13-14,19-20H,6,8-12H2,1-5H3/b15-7+,16-13+/t19-,20-,22+/m0/s1. The lowest BCUT2D eigenvalue weighted by Crippen LogP contribution is -2.43. The van der Waals surface area contributed by atoms with E-state index in [0.29, 0.717) is 12.9 Å². The Morgan fingerprint density at radius 1 is 1.19 bits per heavy atom. The smallest absolute Gasteiger partial charge is 0.334 e. The highest BCUT2D eigenvalue weighted by atomic mass is 16.6. The molecule has 0 aromatic carbocycles. The zero-order valence-corrected chi connectivity index (χ0v) is 17.2. The van der Waals surface area contributed by atoms with Gasteiger partial charge in [-0.25, -0.2) is 4.79 Å². The van der Waals surface area contributed by atoms with Gasteiger partial charge in [0.15, 0.2) is 0 Å². The molecule has 0 spiro atoms. The Hall–Kier alpha value is -1.88. The number of ether oxygens (including phenoxy) is 3. The fraction of sp³-hybridized carbons (Fsp3) is 0.636. The van der Waals surface area contributed by atoms with Gasteiger partial charge in [0.1, 0.15) is 17.8 Å². The van der Waals surface area contributed by atoms with Gasteiger partial charge in [0.05, 0.1) is 0 Å². The van der Waals surface area contributed by atoms with Crippen LogP contribution in [0, 0.1) is 0 Å². The van der Waals surface area contributed by atoms with E-state index in [9.17, 15) is 9.59 Å².